The largest absolute Gasteiger partial charge is 0.452 e. The van der Waals surface area contributed by atoms with Crippen molar-refractivity contribution in [3.05, 3.63) is 146 Å². The second-order valence-corrected chi connectivity index (χ2v) is 11.6. The molecule has 0 atom stereocenters. The van der Waals surface area contributed by atoms with Crippen molar-refractivity contribution >= 4 is 76.2 Å². The Kier molecular flexibility index (Phi) is 4.75. The van der Waals surface area contributed by atoms with E-state index in [1.807, 2.05) is 0 Å². The van der Waals surface area contributed by atoms with Crippen LogP contribution in [0.15, 0.2) is 154 Å². The van der Waals surface area contributed by atoms with Crippen molar-refractivity contribution in [2.75, 3.05) is 0 Å². The van der Waals surface area contributed by atoms with Crippen LogP contribution in [0.5, 0.6) is 0 Å². The Balaban J connectivity index is 1.24. The van der Waals surface area contributed by atoms with Gasteiger partial charge in [0.15, 0.2) is 11.2 Å². The van der Waals surface area contributed by atoms with E-state index >= 15 is 0 Å². The average molecular weight is 561 g/mol. The van der Waals surface area contributed by atoms with Gasteiger partial charge in [-0.15, -0.1) is 0 Å². The molecule has 44 heavy (non-hydrogen) atoms. The molecule has 10 rings (SSSR count). The van der Waals surface area contributed by atoms with Gasteiger partial charge in [-0.2, -0.15) is 0 Å². The summed E-state index contributed by atoms with van der Waals surface area (Å²) >= 11 is 0. The smallest absolute Gasteiger partial charge is 0.178 e. The fourth-order valence-electron chi connectivity index (χ4n) is 7.26. The summed E-state index contributed by atoms with van der Waals surface area (Å²) in [7, 11) is 0. The molecule has 0 amide bonds. The molecule has 2 heterocycles. The zero-order chi connectivity index (χ0) is 28.8. The van der Waals surface area contributed by atoms with Gasteiger partial charge < -0.3 is 8.83 Å². The predicted molar refractivity (Wildman–Crippen MR) is 184 cm³/mol. The minimum atomic E-state index is 0.791. The topological polar surface area (TPSA) is 26.3 Å². The van der Waals surface area contributed by atoms with Crippen molar-refractivity contribution in [1.82, 2.24) is 0 Å². The lowest BCUT2D eigenvalue weighted by Crippen LogP contribution is -1.85. The maximum absolute atomic E-state index is 6.76. The van der Waals surface area contributed by atoms with Crippen molar-refractivity contribution in [2.45, 2.75) is 0 Å². The third kappa shape index (κ3) is 3.25. The summed E-state index contributed by atoms with van der Waals surface area (Å²) in [6.07, 6.45) is 0. The summed E-state index contributed by atoms with van der Waals surface area (Å²) in [5.41, 5.74) is 8.03. The molecule has 0 saturated carbocycles. The van der Waals surface area contributed by atoms with Gasteiger partial charge in [-0.25, -0.2) is 0 Å². The fraction of sp³-hybridized carbons (Fsp3) is 0. The van der Waals surface area contributed by atoms with Crippen LogP contribution in [0, 0.1) is 0 Å². The van der Waals surface area contributed by atoms with Crippen LogP contribution in [0.3, 0.4) is 0 Å². The van der Waals surface area contributed by atoms with E-state index in [2.05, 4.69) is 146 Å². The van der Waals surface area contributed by atoms with Gasteiger partial charge in [0.05, 0.1) is 0 Å². The quantitative estimate of drug-likeness (QED) is 0.210. The monoisotopic (exact) mass is 560 g/mol. The third-order valence-corrected chi connectivity index (χ3v) is 9.27. The number of hydrogen-bond acceptors (Lipinski definition) is 2. The van der Waals surface area contributed by atoms with Gasteiger partial charge in [-0.1, -0.05) is 115 Å². The average Bonchev–Trinajstić information content (AvgIpc) is 3.65. The Morgan fingerprint density at radius 2 is 0.886 bits per heavy atom. The van der Waals surface area contributed by atoms with E-state index in [9.17, 15) is 0 Å². The van der Waals surface area contributed by atoms with Gasteiger partial charge in [0.2, 0.25) is 0 Å². The van der Waals surface area contributed by atoms with Crippen LogP contribution in [0.25, 0.3) is 98.4 Å². The van der Waals surface area contributed by atoms with Gasteiger partial charge in [0.25, 0.3) is 0 Å². The number of furan rings is 2. The molecule has 0 N–H and O–H groups in total. The molecule has 0 spiro atoms. The molecular formula is C42H24O2. The van der Waals surface area contributed by atoms with Crippen LogP contribution in [-0.2, 0) is 0 Å². The highest BCUT2D eigenvalue weighted by atomic mass is 16.4. The number of benzene rings is 8. The van der Waals surface area contributed by atoms with E-state index in [4.69, 9.17) is 8.83 Å². The first kappa shape index (κ1) is 23.7. The summed E-state index contributed by atoms with van der Waals surface area (Å²) in [4.78, 5) is 0. The standard InChI is InChI=1S/C42H24O2/c1-3-13-28-25(9-1)11-7-17-30(28)27-19-20-33-35-21-22-36-40-34-16-6-5-15-32(34)37(31-18-8-12-26-10-2-4-14-29(26)31)24-39(40)44-42(36)41(35)43-38(33)23-27/h1-24H. The van der Waals surface area contributed by atoms with E-state index in [0.29, 0.717) is 0 Å². The van der Waals surface area contributed by atoms with Crippen molar-refractivity contribution < 1.29 is 8.83 Å². The number of rotatable bonds is 2. The first-order chi connectivity index (χ1) is 21.8. The molecule has 0 bridgehead atoms. The predicted octanol–water partition coefficient (Wildman–Crippen LogP) is 12.3. The van der Waals surface area contributed by atoms with Crippen LogP contribution >= 0.6 is 0 Å². The van der Waals surface area contributed by atoms with Crippen molar-refractivity contribution in [2.24, 2.45) is 0 Å². The molecule has 0 aliphatic carbocycles. The summed E-state index contributed by atoms with van der Waals surface area (Å²) < 4.78 is 13.4. The minimum Gasteiger partial charge on any atom is -0.452 e. The Morgan fingerprint density at radius 3 is 1.68 bits per heavy atom. The van der Waals surface area contributed by atoms with E-state index in [1.54, 1.807) is 0 Å². The zero-order valence-electron chi connectivity index (χ0n) is 23.7. The van der Waals surface area contributed by atoms with Crippen molar-refractivity contribution in [3.8, 4) is 22.3 Å². The zero-order valence-corrected chi connectivity index (χ0v) is 23.7. The van der Waals surface area contributed by atoms with Gasteiger partial charge in [-0.3, -0.25) is 0 Å². The molecular weight excluding hydrogens is 536 g/mol. The SMILES string of the molecule is c1ccc2c(-c3ccc4c(c3)oc3c4ccc4c3oc3cc(-c5cccc6ccccc56)c5ccccc5c34)cccc2c1. The maximum atomic E-state index is 6.76. The molecule has 0 aliphatic heterocycles. The first-order valence-corrected chi connectivity index (χ1v) is 15.0. The van der Waals surface area contributed by atoms with E-state index < -0.39 is 0 Å². The molecule has 204 valence electrons. The lowest BCUT2D eigenvalue weighted by molar-refractivity contribution is 0.633. The Hall–Kier alpha value is -5.86. The van der Waals surface area contributed by atoms with Crippen LogP contribution in [-0.4, -0.2) is 0 Å². The van der Waals surface area contributed by atoms with Crippen LogP contribution in [0.4, 0.5) is 0 Å². The lowest BCUT2D eigenvalue weighted by Gasteiger charge is -2.11. The fourth-order valence-corrected chi connectivity index (χ4v) is 7.26. The third-order valence-electron chi connectivity index (χ3n) is 9.27. The molecule has 8 aromatic carbocycles. The molecule has 10 aromatic rings. The highest BCUT2D eigenvalue weighted by molar-refractivity contribution is 6.27. The summed E-state index contributed by atoms with van der Waals surface area (Å²) in [6, 6.07) is 51.9. The molecule has 0 unspecified atom stereocenters. The number of fused-ring (bicyclic) bond motifs is 11. The highest BCUT2D eigenvalue weighted by Gasteiger charge is 2.20. The summed E-state index contributed by atoms with van der Waals surface area (Å²) in [5.74, 6) is 0. The molecule has 0 aliphatic rings. The van der Waals surface area contributed by atoms with Gasteiger partial charge >= 0.3 is 0 Å². The van der Waals surface area contributed by atoms with Crippen LogP contribution in [0.2, 0.25) is 0 Å². The highest BCUT2D eigenvalue weighted by Crippen LogP contribution is 2.45. The molecule has 0 fully saturated rings. The van der Waals surface area contributed by atoms with E-state index in [0.717, 1.165) is 49.4 Å². The maximum Gasteiger partial charge on any atom is 0.178 e. The van der Waals surface area contributed by atoms with Crippen molar-refractivity contribution in [1.29, 1.82) is 0 Å². The molecule has 0 radical (unpaired) electrons. The molecule has 2 heteroatoms. The van der Waals surface area contributed by atoms with Gasteiger partial charge in [-0.05, 0) is 84.9 Å². The lowest BCUT2D eigenvalue weighted by atomic mass is 9.92. The molecule has 2 aromatic heterocycles. The minimum absolute atomic E-state index is 0.791. The van der Waals surface area contributed by atoms with E-state index in [1.165, 1.54) is 49.0 Å². The second kappa shape index (κ2) is 8.82. The Labute approximate surface area is 252 Å². The van der Waals surface area contributed by atoms with Gasteiger partial charge in [0, 0.05) is 21.5 Å². The Morgan fingerprint density at radius 1 is 0.318 bits per heavy atom. The second-order valence-electron chi connectivity index (χ2n) is 11.6. The molecule has 2 nitrogen and oxygen atoms in total. The molecule has 0 saturated heterocycles. The van der Waals surface area contributed by atoms with E-state index in [-0.39, 0.29) is 0 Å². The Bertz CT molecular complexity index is 2760. The van der Waals surface area contributed by atoms with Crippen LogP contribution in [0.1, 0.15) is 0 Å². The van der Waals surface area contributed by atoms with Crippen molar-refractivity contribution in [3.63, 3.8) is 0 Å². The summed E-state index contributed by atoms with van der Waals surface area (Å²) in [5, 5.41) is 11.7. The van der Waals surface area contributed by atoms with Gasteiger partial charge in [0.1, 0.15) is 11.2 Å². The first-order valence-electron chi connectivity index (χ1n) is 15.0. The van der Waals surface area contributed by atoms with Crippen LogP contribution < -0.4 is 0 Å². The number of hydrogen-bond donors (Lipinski definition) is 0. The summed E-state index contributed by atoms with van der Waals surface area (Å²) in [6.45, 7) is 0. The normalized spacial score (nSPS) is 12.1.